The van der Waals surface area contributed by atoms with Gasteiger partial charge in [-0.3, -0.25) is 4.79 Å². The van der Waals surface area contributed by atoms with Crippen LogP contribution in [0, 0.1) is 5.41 Å². The summed E-state index contributed by atoms with van der Waals surface area (Å²) in [5.74, 6) is 0. The largest absolute Gasteiger partial charge is 0.370 e. The summed E-state index contributed by atoms with van der Waals surface area (Å²) in [6, 6.07) is 1.75. The van der Waals surface area contributed by atoms with Crippen LogP contribution in [0.2, 0.25) is 0 Å². The fraction of sp³-hybridized carbons (Fsp3) is 0.714. The minimum absolute atomic E-state index is 0.0373. The first-order valence-electron chi connectivity index (χ1n) is 7.11. The Labute approximate surface area is 121 Å². The maximum atomic E-state index is 12.2. The molecule has 3 rings (SSSR count). The number of halogens is 1. The standard InChI is InChI=1S/C14H20BrN3O/c15-10-14(4-5-14)11-18-13(19)8-12(9-16-18)17-6-2-1-3-7-17/h8-9H,1-7,10-11H2. The van der Waals surface area contributed by atoms with Gasteiger partial charge in [0.05, 0.1) is 18.4 Å². The van der Waals surface area contributed by atoms with Crippen molar-refractivity contribution in [3.63, 3.8) is 0 Å². The fourth-order valence-corrected chi connectivity index (χ4v) is 3.43. The Morgan fingerprint density at radius 1 is 1.26 bits per heavy atom. The minimum Gasteiger partial charge on any atom is -0.370 e. The highest BCUT2D eigenvalue weighted by molar-refractivity contribution is 9.09. The molecule has 2 heterocycles. The predicted molar refractivity (Wildman–Crippen MR) is 80.0 cm³/mol. The first-order chi connectivity index (χ1) is 9.22. The zero-order valence-corrected chi connectivity index (χ0v) is 12.7. The molecule has 2 fully saturated rings. The lowest BCUT2D eigenvalue weighted by Crippen LogP contribution is -2.33. The van der Waals surface area contributed by atoms with E-state index < -0.39 is 0 Å². The molecule has 1 aliphatic heterocycles. The summed E-state index contributed by atoms with van der Waals surface area (Å²) in [5, 5.41) is 5.33. The topological polar surface area (TPSA) is 38.1 Å². The van der Waals surface area contributed by atoms with Gasteiger partial charge in [-0.25, -0.2) is 4.68 Å². The maximum Gasteiger partial charge on any atom is 0.268 e. The van der Waals surface area contributed by atoms with Crippen LogP contribution in [-0.2, 0) is 6.54 Å². The summed E-state index contributed by atoms with van der Waals surface area (Å²) in [6.07, 6.45) is 7.98. The molecule has 1 aromatic rings. The van der Waals surface area contributed by atoms with Gasteiger partial charge < -0.3 is 4.90 Å². The molecule has 2 aliphatic rings. The molecule has 0 radical (unpaired) electrons. The molecule has 0 aromatic carbocycles. The van der Waals surface area contributed by atoms with E-state index in [-0.39, 0.29) is 11.0 Å². The van der Waals surface area contributed by atoms with Gasteiger partial charge in [0, 0.05) is 24.5 Å². The van der Waals surface area contributed by atoms with Gasteiger partial charge in [-0.2, -0.15) is 5.10 Å². The third kappa shape index (κ3) is 2.86. The molecule has 5 heteroatoms. The molecule has 0 N–H and O–H groups in total. The van der Waals surface area contributed by atoms with E-state index in [2.05, 4.69) is 25.9 Å². The van der Waals surface area contributed by atoms with Gasteiger partial charge in [-0.1, -0.05) is 15.9 Å². The fourth-order valence-electron chi connectivity index (χ4n) is 2.70. The van der Waals surface area contributed by atoms with Crippen LogP contribution < -0.4 is 10.5 Å². The number of hydrogen-bond donors (Lipinski definition) is 0. The Morgan fingerprint density at radius 2 is 2.00 bits per heavy atom. The van der Waals surface area contributed by atoms with Crippen molar-refractivity contribution >= 4 is 21.6 Å². The lowest BCUT2D eigenvalue weighted by Gasteiger charge is -2.28. The van der Waals surface area contributed by atoms with Crippen LogP contribution in [-0.4, -0.2) is 28.2 Å². The van der Waals surface area contributed by atoms with Crippen LogP contribution in [0.3, 0.4) is 0 Å². The second kappa shape index (κ2) is 5.27. The maximum absolute atomic E-state index is 12.2. The SMILES string of the molecule is O=c1cc(N2CCCCC2)cnn1CC1(CBr)CC1. The number of alkyl halides is 1. The molecular weight excluding hydrogens is 306 g/mol. The van der Waals surface area contributed by atoms with Gasteiger partial charge in [0.2, 0.25) is 0 Å². The van der Waals surface area contributed by atoms with Crippen molar-refractivity contribution in [2.75, 3.05) is 23.3 Å². The van der Waals surface area contributed by atoms with Crippen LogP contribution in [0.1, 0.15) is 32.1 Å². The van der Waals surface area contributed by atoms with Gasteiger partial charge >= 0.3 is 0 Å². The number of aromatic nitrogens is 2. The molecule has 1 saturated carbocycles. The van der Waals surface area contributed by atoms with E-state index in [0.29, 0.717) is 0 Å². The number of hydrogen-bond acceptors (Lipinski definition) is 3. The molecule has 0 unspecified atom stereocenters. The molecule has 104 valence electrons. The number of rotatable bonds is 4. The van der Waals surface area contributed by atoms with Crippen molar-refractivity contribution in [3.8, 4) is 0 Å². The third-order valence-corrected chi connectivity index (χ3v) is 5.49. The Hall–Kier alpha value is -0.840. The number of anilines is 1. The van der Waals surface area contributed by atoms with Crippen LogP contribution in [0.4, 0.5) is 5.69 Å². The highest BCUT2D eigenvalue weighted by Crippen LogP contribution is 2.48. The van der Waals surface area contributed by atoms with E-state index in [4.69, 9.17) is 0 Å². The summed E-state index contributed by atoms with van der Waals surface area (Å²) in [6.45, 7) is 2.85. The van der Waals surface area contributed by atoms with Gasteiger partial charge in [0.25, 0.3) is 5.56 Å². The molecule has 0 atom stereocenters. The molecule has 0 bridgehead atoms. The van der Waals surface area contributed by atoms with E-state index >= 15 is 0 Å². The summed E-state index contributed by atoms with van der Waals surface area (Å²) in [4.78, 5) is 14.4. The molecule has 4 nitrogen and oxygen atoms in total. The highest BCUT2D eigenvalue weighted by atomic mass is 79.9. The third-order valence-electron chi connectivity index (χ3n) is 4.30. The monoisotopic (exact) mass is 325 g/mol. The van der Waals surface area contributed by atoms with Crippen molar-refractivity contribution in [1.29, 1.82) is 0 Å². The molecule has 1 aliphatic carbocycles. The quantitative estimate of drug-likeness (QED) is 0.798. The molecule has 0 spiro atoms. The van der Waals surface area contributed by atoms with E-state index in [1.807, 2.05) is 6.20 Å². The summed E-state index contributed by atoms with van der Waals surface area (Å²) in [5.41, 5.74) is 1.31. The van der Waals surface area contributed by atoms with E-state index in [9.17, 15) is 4.79 Å². The first kappa shape index (κ1) is 13.2. The van der Waals surface area contributed by atoms with Crippen LogP contribution in [0.5, 0.6) is 0 Å². The lowest BCUT2D eigenvalue weighted by atomic mass is 10.1. The van der Waals surface area contributed by atoms with Crippen LogP contribution in [0.25, 0.3) is 0 Å². The van der Waals surface area contributed by atoms with Gasteiger partial charge in [0.15, 0.2) is 0 Å². The second-order valence-corrected chi connectivity index (χ2v) is 6.45. The van der Waals surface area contributed by atoms with Crippen LogP contribution in [0.15, 0.2) is 17.1 Å². The molecule has 1 saturated heterocycles. The average molecular weight is 326 g/mol. The van der Waals surface area contributed by atoms with Crippen molar-refractivity contribution < 1.29 is 0 Å². The Bertz CT molecular complexity index is 504. The summed E-state index contributed by atoms with van der Waals surface area (Å²) >= 11 is 3.54. The number of nitrogens with zero attached hydrogens (tertiary/aromatic N) is 3. The Morgan fingerprint density at radius 3 is 2.58 bits per heavy atom. The molecule has 0 amide bonds. The summed E-state index contributed by atoms with van der Waals surface area (Å²) in [7, 11) is 0. The van der Waals surface area contributed by atoms with Gasteiger partial charge in [0.1, 0.15) is 0 Å². The van der Waals surface area contributed by atoms with E-state index in [1.54, 1.807) is 10.7 Å². The van der Waals surface area contributed by atoms with Crippen molar-refractivity contribution in [2.24, 2.45) is 5.41 Å². The van der Waals surface area contributed by atoms with Crippen LogP contribution >= 0.6 is 15.9 Å². The highest BCUT2D eigenvalue weighted by Gasteiger charge is 2.42. The average Bonchev–Trinajstić information content (AvgIpc) is 3.22. The molecular formula is C14H20BrN3O. The van der Waals surface area contributed by atoms with E-state index in [1.165, 1.54) is 32.1 Å². The van der Waals surface area contributed by atoms with Crippen molar-refractivity contribution in [3.05, 3.63) is 22.6 Å². The zero-order chi connectivity index (χ0) is 13.3. The van der Waals surface area contributed by atoms with E-state index in [0.717, 1.165) is 30.7 Å². The Balaban J connectivity index is 1.76. The molecule has 19 heavy (non-hydrogen) atoms. The first-order valence-corrected chi connectivity index (χ1v) is 8.23. The summed E-state index contributed by atoms with van der Waals surface area (Å²) < 4.78 is 1.63. The predicted octanol–water partition coefficient (Wildman–Crippen LogP) is 2.41. The smallest absolute Gasteiger partial charge is 0.268 e. The normalized spacial score (nSPS) is 21.4. The van der Waals surface area contributed by atoms with Crippen molar-refractivity contribution in [2.45, 2.75) is 38.6 Å². The van der Waals surface area contributed by atoms with Gasteiger partial charge in [-0.05, 0) is 37.5 Å². The second-order valence-electron chi connectivity index (χ2n) is 5.89. The number of piperidine rings is 1. The van der Waals surface area contributed by atoms with Crippen molar-refractivity contribution in [1.82, 2.24) is 9.78 Å². The minimum atomic E-state index is 0.0373. The zero-order valence-electron chi connectivity index (χ0n) is 11.1. The lowest BCUT2D eigenvalue weighted by molar-refractivity contribution is 0.425. The van der Waals surface area contributed by atoms with Gasteiger partial charge in [-0.15, -0.1) is 0 Å². The Kier molecular flexibility index (Phi) is 3.65. The molecule has 1 aromatic heterocycles.